The third-order valence-electron chi connectivity index (χ3n) is 4.88. The minimum absolute atomic E-state index is 0.0280. The van der Waals surface area contributed by atoms with Crippen LogP contribution in [0.1, 0.15) is 41.7 Å². The molecule has 2 aliphatic rings. The number of amides is 2. The molecule has 132 valence electrons. The van der Waals surface area contributed by atoms with Crippen molar-refractivity contribution in [1.29, 1.82) is 0 Å². The number of hydrogen-bond donors (Lipinski definition) is 2. The summed E-state index contributed by atoms with van der Waals surface area (Å²) in [5.74, 6) is 1.09. The van der Waals surface area contributed by atoms with E-state index in [0.29, 0.717) is 24.1 Å². The first-order valence-electron chi connectivity index (χ1n) is 8.79. The van der Waals surface area contributed by atoms with Crippen molar-refractivity contribution in [3.05, 3.63) is 16.1 Å². The fourth-order valence-electron chi connectivity index (χ4n) is 3.47. The van der Waals surface area contributed by atoms with Crippen LogP contribution in [0.25, 0.3) is 0 Å². The van der Waals surface area contributed by atoms with Crippen molar-refractivity contribution in [2.75, 3.05) is 26.7 Å². The van der Waals surface area contributed by atoms with Gasteiger partial charge < -0.3 is 10.6 Å². The second-order valence-electron chi connectivity index (χ2n) is 6.82. The van der Waals surface area contributed by atoms with E-state index in [9.17, 15) is 9.59 Å². The molecule has 2 N–H and O–H groups in total. The van der Waals surface area contributed by atoms with Gasteiger partial charge in [0.15, 0.2) is 0 Å². The van der Waals surface area contributed by atoms with Crippen LogP contribution in [0.4, 0.5) is 0 Å². The Kier molecular flexibility index (Phi) is 5.50. The maximum Gasteiger partial charge on any atom is 0.271 e. The minimum Gasteiger partial charge on any atom is -0.358 e. The average Bonchev–Trinajstić information content (AvgIpc) is 3.17. The second kappa shape index (κ2) is 7.61. The van der Waals surface area contributed by atoms with Crippen molar-refractivity contribution in [1.82, 2.24) is 20.5 Å². The van der Waals surface area contributed by atoms with Crippen molar-refractivity contribution >= 4 is 23.2 Å². The Morgan fingerprint density at radius 2 is 2.17 bits per heavy atom. The van der Waals surface area contributed by atoms with E-state index in [2.05, 4.69) is 27.4 Å². The number of aryl methyl sites for hydroxylation is 1. The van der Waals surface area contributed by atoms with Crippen LogP contribution >= 0.6 is 11.3 Å². The molecule has 0 spiro atoms. The molecule has 1 aliphatic heterocycles. The van der Waals surface area contributed by atoms with Gasteiger partial charge in [0, 0.05) is 31.6 Å². The quantitative estimate of drug-likeness (QED) is 0.777. The van der Waals surface area contributed by atoms with Crippen LogP contribution in [-0.2, 0) is 11.2 Å². The highest BCUT2D eigenvalue weighted by Gasteiger charge is 2.43. The Bertz CT molecular complexity index is 599. The van der Waals surface area contributed by atoms with Crippen LogP contribution in [0.5, 0.6) is 0 Å². The monoisotopic (exact) mass is 350 g/mol. The van der Waals surface area contributed by atoms with E-state index < -0.39 is 0 Å². The number of aromatic nitrogens is 1. The van der Waals surface area contributed by atoms with Gasteiger partial charge in [-0.15, -0.1) is 11.3 Å². The zero-order valence-electron chi connectivity index (χ0n) is 14.4. The molecule has 2 amide bonds. The standard InChI is InChI=1S/C17H26N4O2S/c1-3-4-16-19-14(10-24-16)17(23)20-13-8-21(9-15(22)18-2)7-12(13)11-5-6-11/h10-13H,3-9H2,1-2H3,(H,18,22)(H,20,23)/t12-,13+/m1/s1. The third kappa shape index (κ3) is 4.13. The lowest BCUT2D eigenvalue weighted by Crippen LogP contribution is -2.42. The van der Waals surface area contributed by atoms with Gasteiger partial charge in [0.2, 0.25) is 5.91 Å². The molecule has 0 aromatic carbocycles. The molecule has 2 heterocycles. The van der Waals surface area contributed by atoms with Crippen LogP contribution in [0.15, 0.2) is 5.38 Å². The molecule has 7 heteroatoms. The third-order valence-corrected chi connectivity index (χ3v) is 5.79. The molecule has 1 aliphatic carbocycles. The zero-order chi connectivity index (χ0) is 17.1. The van der Waals surface area contributed by atoms with E-state index in [-0.39, 0.29) is 17.9 Å². The van der Waals surface area contributed by atoms with Crippen LogP contribution in [0.3, 0.4) is 0 Å². The molecule has 0 unspecified atom stereocenters. The highest BCUT2D eigenvalue weighted by molar-refractivity contribution is 7.09. The number of likely N-dealkylation sites (tertiary alicyclic amines) is 1. The molecular weight excluding hydrogens is 324 g/mol. The molecule has 24 heavy (non-hydrogen) atoms. The van der Waals surface area contributed by atoms with Gasteiger partial charge in [-0.2, -0.15) is 0 Å². The van der Waals surface area contributed by atoms with Gasteiger partial charge in [-0.25, -0.2) is 4.98 Å². The number of thiazole rings is 1. The van der Waals surface area contributed by atoms with Crippen molar-refractivity contribution < 1.29 is 9.59 Å². The van der Waals surface area contributed by atoms with Gasteiger partial charge in [0.25, 0.3) is 5.91 Å². The number of likely N-dealkylation sites (N-methyl/N-ethyl adjacent to an activating group) is 1. The number of nitrogens with zero attached hydrogens (tertiary/aromatic N) is 2. The molecule has 2 fully saturated rings. The predicted octanol–water partition coefficient (Wildman–Crippen LogP) is 1.28. The Morgan fingerprint density at radius 1 is 1.38 bits per heavy atom. The summed E-state index contributed by atoms with van der Waals surface area (Å²) >= 11 is 1.56. The summed E-state index contributed by atoms with van der Waals surface area (Å²) in [5, 5.41) is 8.72. The van der Waals surface area contributed by atoms with E-state index in [1.807, 2.05) is 5.38 Å². The van der Waals surface area contributed by atoms with Gasteiger partial charge in [-0.3, -0.25) is 14.5 Å². The predicted molar refractivity (Wildman–Crippen MR) is 94.1 cm³/mol. The molecule has 3 rings (SSSR count). The molecule has 1 aromatic rings. The minimum atomic E-state index is -0.0777. The number of rotatable bonds is 7. The van der Waals surface area contributed by atoms with Gasteiger partial charge >= 0.3 is 0 Å². The molecular formula is C17H26N4O2S. The van der Waals surface area contributed by atoms with Crippen molar-refractivity contribution in [2.45, 2.75) is 38.6 Å². The highest BCUT2D eigenvalue weighted by atomic mass is 32.1. The fraction of sp³-hybridized carbons (Fsp3) is 0.706. The topological polar surface area (TPSA) is 74.3 Å². The summed E-state index contributed by atoms with van der Waals surface area (Å²) in [5.41, 5.74) is 0.530. The number of nitrogens with one attached hydrogen (secondary N) is 2. The number of hydrogen-bond acceptors (Lipinski definition) is 5. The summed E-state index contributed by atoms with van der Waals surface area (Å²) in [6.07, 6.45) is 4.44. The molecule has 2 atom stereocenters. The molecule has 1 saturated carbocycles. The lowest BCUT2D eigenvalue weighted by molar-refractivity contribution is -0.121. The first-order valence-corrected chi connectivity index (χ1v) is 9.66. The van der Waals surface area contributed by atoms with Gasteiger partial charge in [-0.1, -0.05) is 6.92 Å². The zero-order valence-corrected chi connectivity index (χ0v) is 15.2. The van der Waals surface area contributed by atoms with Crippen LogP contribution in [0, 0.1) is 11.8 Å². The molecule has 1 saturated heterocycles. The fourth-order valence-corrected chi connectivity index (χ4v) is 4.35. The average molecular weight is 350 g/mol. The molecule has 0 bridgehead atoms. The van der Waals surface area contributed by atoms with Gasteiger partial charge in [0.1, 0.15) is 5.69 Å². The van der Waals surface area contributed by atoms with Crippen LogP contribution in [-0.4, -0.2) is 54.4 Å². The van der Waals surface area contributed by atoms with E-state index in [0.717, 1.165) is 30.9 Å². The maximum absolute atomic E-state index is 12.5. The Balaban J connectivity index is 1.61. The van der Waals surface area contributed by atoms with Gasteiger partial charge in [0.05, 0.1) is 11.6 Å². The van der Waals surface area contributed by atoms with E-state index in [1.54, 1.807) is 18.4 Å². The lowest BCUT2D eigenvalue weighted by atomic mass is 9.98. The van der Waals surface area contributed by atoms with Gasteiger partial charge in [-0.05, 0) is 37.5 Å². The normalized spacial score (nSPS) is 24.1. The highest BCUT2D eigenvalue weighted by Crippen LogP contribution is 2.41. The summed E-state index contributed by atoms with van der Waals surface area (Å²) in [6.45, 7) is 4.15. The number of carbonyl (C=O) groups is 2. The summed E-state index contributed by atoms with van der Waals surface area (Å²) in [4.78, 5) is 30.7. The molecule has 1 aromatic heterocycles. The lowest BCUT2D eigenvalue weighted by Gasteiger charge is -2.18. The first-order chi connectivity index (χ1) is 11.6. The first kappa shape index (κ1) is 17.4. The second-order valence-corrected chi connectivity index (χ2v) is 7.77. The van der Waals surface area contributed by atoms with E-state index in [1.165, 1.54) is 12.8 Å². The van der Waals surface area contributed by atoms with Crippen molar-refractivity contribution in [3.63, 3.8) is 0 Å². The molecule has 0 radical (unpaired) electrons. The Morgan fingerprint density at radius 3 is 2.83 bits per heavy atom. The molecule has 6 nitrogen and oxygen atoms in total. The smallest absolute Gasteiger partial charge is 0.271 e. The van der Waals surface area contributed by atoms with Crippen molar-refractivity contribution in [3.8, 4) is 0 Å². The van der Waals surface area contributed by atoms with Crippen LogP contribution in [0.2, 0.25) is 0 Å². The summed E-state index contributed by atoms with van der Waals surface area (Å²) in [6, 6.07) is 0.117. The van der Waals surface area contributed by atoms with E-state index >= 15 is 0 Å². The Hall–Kier alpha value is -1.47. The van der Waals surface area contributed by atoms with Crippen LogP contribution < -0.4 is 10.6 Å². The summed E-state index contributed by atoms with van der Waals surface area (Å²) < 4.78 is 0. The van der Waals surface area contributed by atoms with E-state index in [4.69, 9.17) is 0 Å². The maximum atomic E-state index is 12.5. The summed E-state index contributed by atoms with van der Waals surface area (Å²) in [7, 11) is 1.66. The SMILES string of the molecule is CCCc1nc(C(=O)N[C@H]2CN(CC(=O)NC)C[C@@H]2C2CC2)cs1. The Labute approximate surface area is 147 Å². The number of carbonyl (C=O) groups excluding carboxylic acids is 2. The largest absolute Gasteiger partial charge is 0.358 e. The van der Waals surface area contributed by atoms with Crippen molar-refractivity contribution in [2.24, 2.45) is 11.8 Å².